The van der Waals surface area contributed by atoms with Crippen molar-refractivity contribution >= 4 is 40.2 Å². The van der Waals surface area contributed by atoms with Gasteiger partial charge in [0.1, 0.15) is 11.5 Å². The Morgan fingerprint density at radius 2 is 2.12 bits per heavy atom. The van der Waals surface area contributed by atoms with Crippen molar-refractivity contribution in [3.8, 4) is 5.69 Å². The topological polar surface area (TPSA) is 42.2 Å². The summed E-state index contributed by atoms with van der Waals surface area (Å²) in [7, 11) is 0. The van der Waals surface area contributed by atoms with E-state index < -0.39 is 11.8 Å². The summed E-state index contributed by atoms with van der Waals surface area (Å²) in [5.74, 6) is -1.67. The van der Waals surface area contributed by atoms with Crippen LogP contribution < -0.4 is 0 Å². The van der Waals surface area contributed by atoms with Gasteiger partial charge in [-0.25, -0.2) is 9.18 Å². The number of halogens is 3. The number of aromatic carboxylic acids is 1. The second kappa shape index (κ2) is 4.66. The van der Waals surface area contributed by atoms with E-state index in [0.717, 1.165) is 6.07 Å². The number of hydrogen-bond acceptors (Lipinski definition) is 1. The fourth-order valence-electron chi connectivity index (χ4n) is 1.47. The zero-order valence-corrected chi connectivity index (χ0v) is 11.2. The number of carboxylic acids is 1. The van der Waals surface area contributed by atoms with E-state index in [2.05, 4.69) is 0 Å². The molecule has 0 radical (unpaired) electrons. The molecule has 0 amide bonds. The first-order valence-electron chi connectivity index (χ1n) is 4.55. The molecule has 2 aromatic rings. The monoisotopic (exact) mass is 365 g/mol. The highest BCUT2D eigenvalue weighted by molar-refractivity contribution is 14.1. The first-order chi connectivity index (χ1) is 7.99. The van der Waals surface area contributed by atoms with E-state index in [-0.39, 0.29) is 16.4 Å². The highest BCUT2D eigenvalue weighted by atomic mass is 127. The van der Waals surface area contributed by atoms with Gasteiger partial charge < -0.3 is 9.67 Å². The van der Waals surface area contributed by atoms with Gasteiger partial charge in [0.25, 0.3) is 0 Å². The molecular weight excluding hydrogens is 359 g/mol. The molecule has 0 aliphatic carbocycles. The van der Waals surface area contributed by atoms with Crippen molar-refractivity contribution in [2.75, 3.05) is 0 Å². The van der Waals surface area contributed by atoms with E-state index in [1.54, 1.807) is 6.20 Å². The summed E-state index contributed by atoms with van der Waals surface area (Å²) in [5, 5.41) is 9.28. The van der Waals surface area contributed by atoms with Gasteiger partial charge in [-0.15, -0.1) is 0 Å². The Balaban J connectivity index is 2.63. The number of carboxylic acid groups (broad SMARTS) is 1. The average Bonchev–Trinajstić information content (AvgIpc) is 2.60. The number of nitrogens with zero attached hydrogens (tertiary/aromatic N) is 1. The first-order valence-corrected chi connectivity index (χ1v) is 6.01. The lowest BCUT2D eigenvalue weighted by Gasteiger charge is -2.07. The van der Waals surface area contributed by atoms with E-state index in [1.807, 2.05) is 22.6 Å². The predicted octanol–water partition coefficient (Wildman–Crippen LogP) is 3.57. The molecular formula is C11H6ClFINO2. The van der Waals surface area contributed by atoms with Crippen LogP contribution in [0.1, 0.15) is 10.5 Å². The number of carbonyl (C=O) groups is 1. The summed E-state index contributed by atoms with van der Waals surface area (Å²) in [6.45, 7) is 0. The van der Waals surface area contributed by atoms with Crippen LogP contribution in [0.25, 0.3) is 5.69 Å². The molecule has 0 aliphatic rings. The molecule has 2 rings (SSSR count). The van der Waals surface area contributed by atoms with Gasteiger partial charge in [0.2, 0.25) is 0 Å². The summed E-state index contributed by atoms with van der Waals surface area (Å²) >= 11 is 7.62. The molecule has 0 fully saturated rings. The number of aromatic nitrogens is 1. The van der Waals surface area contributed by atoms with Crippen molar-refractivity contribution in [2.45, 2.75) is 0 Å². The Morgan fingerprint density at radius 3 is 2.71 bits per heavy atom. The van der Waals surface area contributed by atoms with Gasteiger partial charge in [-0.05, 0) is 46.9 Å². The van der Waals surface area contributed by atoms with Gasteiger partial charge in [0.05, 0.1) is 5.69 Å². The smallest absolute Gasteiger partial charge is 0.352 e. The molecule has 0 unspecified atom stereocenters. The Labute approximate surface area is 115 Å². The molecule has 0 atom stereocenters. The highest BCUT2D eigenvalue weighted by Crippen LogP contribution is 2.22. The third kappa shape index (κ3) is 2.44. The standard InChI is InChI=1S/C11H6ClFINO2/c12-6-1-2-9(8(13)3-6)15-5-7(14)4-10(15)11(16)17/h1-5H,(H,16,17). The molecule has 0 bridgehead atoms. The minimum atomic E-state index is -1.11. The van der Waals surface area contributed by atoms with Crippen LogP contribution in [-0.2, 0) is 0 Å². The van der Waals surface area contributed by atoms with Crippen LogP contribution in [0.3, 0.4) is 0 Å². The minimum Gasteiger partial charge on any atom is -0.477 e. The summed E-state index contributed by atoms with van der Waals surface area (Å²) in [6.07, 6.45) is 1.55. The van der Waals surface area contributed by atoms with Gasteiger partial charge in [-0.2, -0.15) is 0 Å². The van der Waals surface area contributed by atoms with E-state index in [4.69, 9.17) is 16.7 Å². The first kappa shape index (κ1) is 12.4. The molecule has 6 heteroatoms. The average molecular weight is 366 g/mol. The quantitative estimate of drug-likeness (QED) is 0.827. The molecule has 1 N–H and O–H groups in total. The molecule has 17 heavy (non-hydrogen) atoms. The molecule has 1 aromatic carbocycles. The Bertz CT molecular complexity index is 597. The SMILES string of the molecule is O=C(O)c1cc(I)cn1-c1ccc(Cl)cc1F. The third-order valence-corrected chi connectivity index (χ3v) is 3.00. The van der Waals surface area contributed by atoms with Crippen LogP contribution in [0.5, 0.6) is 0 Å². The lowest BCUT2D eigenvalue weighted by atomic mass is 10.3. The normalized spacial score (nSPS) is 10.5. The van der Waals surface area contributed by atoms with Gasteiger partial charge in [-0.3, -0.25) is 0 Å². The maximum atomic E-state index is 13.7. The molecule has 0 saturated carbocycles. The van der Waals surface area contributed by atoms with Crippen molar-refractivity contribution < 1.29 is 14.3 Å². The maximum absolute atomic E-state index is 13.7. The van der Waals surface area contributed by atoms with Gasteiger partial charge in [-0.1, -0.05) is 11.6 Å². The molecule has 1 heterocycles. The fourth-order valence-corrected chi connectivity index (χ4v) is 2.20. The van der Waals surface area contributed by atoms with E-state index in [0.29, 0.717) is 3.57 Å². The fraction of sp³-hybridized carbons (Fsp3) is 0. The molecule has 1 aromatic heterocycles. The number of hydrogen-bond donors (Lipinski definition) is 1. The van der Waals surface area contributed by atoms with E-state index in [1.165, 1.54) is 22.8 Å². The zero-order chi connectivity index (χ0) is 12.6. The number of benzene rings is 1. The van der Waals surface area contributed by atoms with Gasteiger partial charge >= 0.3 is 5.97 Å². The second-order valence-electron chi connectivity index (χ2n) is 3.31. The Morgan fingerprint density at radius 1 is 1.41 bits per heavy atom. The number of rotatable bonds is 2. The van der Waals surface area contributed by atoms with Crippen molar-refractivity contribution in [2.24, 2.45) is 0 Å². The largest absolute Gasteiger partial charge is 0.477 e. The minimum absolute atomic E-state index is 0.00984. The van der Waals surface area contributed by atoms with Crippen LogP contribution in [0.2, 0.25) is 5.02 Å². The molecule has 0 aliphatic heterocycles. The molecule has 0 saturated heterocycles. The highest BCUT2D eigenvalue weighted by Gasteiger charge is 2.15. The Hall–Kier alpha value is -1.08. The van der Waals surface area contributed by atoms with E-state index in [9.17, 15) is 9.18 Å². The van der Waals surface area contributed by atoms with Crippen molar-refractivity contribution in [3.63, 3.8) is 0 Å². The summed E-state index contributed by atoms with van der Waals surface area (Å²) in [4.78, 5) is 11.0. The lowest BCUT2D eigenvalue weighted by Crippen LogP contribution is -2.07. The second-order valence-corrected chi connectivity index (χ2v) is 5.00. The van der Waals surface area contributed by atoms with Crippen LogP contribution in [0.15, 0.2) is 30.5 Å². The zero-order valence-electron chi connectivity index (χ0n) is 8.32. The Kier molecular flexibility index (Phi) is 3.39. The van der Waals surface area contributed by atoms with Crippen LogP contribution >= 0.6 is 34.2 Å². The summed E-state index contributed by atoms with van der Waals surface area (Å²) in [5.41, 5.74) is 0.172. The summed E-state index contributed by atoms with van der Waals surface area (Å²) < 4.78 is 15.7. The predicted molar refractivity (Wildman–Crippen MR) is 70.4 cm³/mol. The lowest BCUT2D eigenvalue weighted by molar-refractivity contribution is 0.0688. The van der Waals surface area contributed by atoms with Crippen LogP contribution in [-0.4, -0.2) is 15.6 Å². The summed E-state index contributed by atoms with van der Waals surface area (Å²) in [6, 6.07) is 5.57. The molecule has 88 valence electrons. The maximum Gasteiger partial charge on any atom is 0.352 e. The molecule has 0 spiro atoms. The van der Waals surface area contributed by atoms with E-state index >= 15 is 0 Å². The van der Waals surface area contributed by atoms with Crippen molar-refractivity contribution in [1.29, 1.82) is 0 Å². The van der Waals surface area contributed by atoms with Crippen molar-refractivity contribution in [3.05, 3.63) is 50.6 Å². The van der Waals surface area contributed by atoms with Crippen LogP contribution in [0.4, 0.5) is 4.39 Å². The van der Waals surface area contributed by atoms with Crippen LogP contribution in [0, 0.1) is 9.39 Å². The molecule has 3 nitrogen and oxygen atoms in total. The van der Waals surface area contributed by atoms with Crippen molar-refractivity contribution in [1.82, 2.24) is 4.57 Å². The third-order valence-electron chi connectivity index (χ3n) is 2.17. The van der Waals surface area contributed by atoms with Gasteiger partial charge in [0.15, 0.2) is 0 Å². The van der Waals surface area contributed by atoms with Gasteiger partial charge in [0, 0.05) is 14.8 Å².